The van der Waals surface area contributed by atoms with Crippen LogP contribution in [0, 0.1) is 13.8 Å². The first-order valence-corrected chi connectivity index (χ1v) is 8.91. The minimum absolute atomic E-state index is 0.000224. The molecule has 0 saturated carbocycles. The number of benzene rings is 1. The van der Waals surface area contributed by atoms with Gasteiger partial charge in [-0.15, -0.1) is 0 Å². The van der Waals surface area contributed by atoms with Gasteiger partial charge >= 0.3 is 0 Å². The van der Waals surface area contributed by atoms with Crippen LogP contribution >= 0.6 is 11.6 Å². The smallest absolute Gasteiger partial charge is 0.227 e. The van der Waals surface area contributed by atoms with Crippen molar-refractivity contribution in [1.82, 2.24) is 15.4 Å². The van der Waals surface area contributed by atoms with Gasteiger partial charge in [-0.1, -0.05) is 28.9 Å². The Bertz CT molecular complexity index is 812. The van der Waals surface area contributed by atoms with E-state index in [1.165, 1.54) is 0 Å². The first-order chi connectivity index (χ1) is 12.3. The summed E-state index contributed by atoms with van der Waals surface area (Å²) >= 11 is 5.97. The molecule has 1 aromatic heterocycles. The van der Waals surface area contributed by atoms with Gasteiger partial charge in [-0.05, 0) is 38.5 Å². The Morgan fingerprint density at radius 3 is 2.58 bits per heavy atom. The van der Waals surface area contributed by atoms with Gasteiger partial charge in [0.05, 0.1) is 23.7 Å². The molecule has 0 bridgehead atoms. The molecule has 0 radical (unpaired) electrons. The summed E-state index contributed by atoms with van der Waals surface area (Å²) in [6, 6.07) is 6.83. The number of hydrogen-bond acceptors (Lipinski definition) is 4. The van der Waals surface area contributed by atoms with Gasteiger partial charge in [-0.3, -0.25) is 9.59 Å². The molecule has 7 heteroatoms. The lowest BCUT2D eigenvalue weighted by Crippen LogP contribution is -2.41. The maximum absolute atomic E-state index is 12.8. The molecule has 0 spiro atoms. The summed E-state index contributed by atoms with van der Waals surface area (Å²) in [6.45, 7) is 5.43. The van der Waals surface area contributed by atoms with E-state index >= 15 is 0 Å². The fourth-order valence-corrected chi connectivity index (χ4v) is 3.79. The first kappa shape index (κ1) is 18.5. The lowest BCUT2D eigenvalue weighted by molar-refractivity contribution is -0.127. The Hall–Kier alpha value is -2.34. The van der Waals surface area contributed by atoms with Crippen LogP contribution in [0.5, 0.6) is 0 Å². The van der Waals surface area contributed by atoms with E-state index < -0.39 is 5.92 Å². The standard InChI is InChI=1S/C19H22ClN3O3/c1-10(17-11(2)22-26-12(17)3)19(25)21-15-9-16(24)23(4)18(15)13-5-7-14(20)8-6-13/h5-8,10,15,18H,9H2,1-4H3,(H,21,25)/t10-,15+,18-/m0/s1. The highest BCUT2D eigenvalue weighted by Crippen LogP contribution is 2.33. The lowest BCUT2D eigenvalue weighted by atomic mass is 9.96. The van der Waals surface area contributed by atoms with E-state index in [1.807, 2.05) is 26.0 Å². The highest BCUT2D eigenvalue weighted by atomic mass is 35.5. The molecule has 2 aromatic rings. The number of aromatic nitrogens is 1. The number of hydrogen-bond donors (Lipinski definition) is 1. The van der Waals surface area contributed by atoms with Gasteiger partial charge < -0.3 is 14.7 Å². The first-order valence-electron chi connectivity index (χ1n) is 8.54. The van der Waals surface area contributed by atoms with E-state index in [0.717, 1.165) is 11.1 Å². The summed E-state index contributed by atoms with van der Waals surface area (Å²) < 4.78 is 5.17. The average molecular weight is 376 g/mol. The number of likely N-dealkylation sites (N-methyl/N-ethyl adjacent to an activating group) is 1. The van der Waals surface area contributed by atoms with Crippen molar-refractivity contribution in [2.24, 2.45) is 0 Å². The van der Waals surface area contributed by atoms with Gasteiger partial charge in [0.1, 0.15) is 5.76 Å². The number of likely N-dealkylation sites (tertiary alicyclic amines) is 1. The number of aryl methyl sites for hydroxylation is 2. The van der Waals surface area contributed by atoms with Crippen LogP contribution < -0.4 is 5.32 Å². The molecule has 1 fully saturated rings. The molecule has 1 aromatic carbocycles. The second-order valence-electron chi connectivity index (χ2n) is 6.78. The number of carbonyl (C=O) groups is 2. The van der Waals surface area contributed by atoms with Gasteiger partial charge in [0.25, 0.3) is 0 Å². The van der Waals surface area contributed by atoms with Crippen LogP contribution in [0.1, 0.15) is 47.9 Å². The number of rotatable bonds is 4. The SMILES string of the molecule is Cc1noc(C)c1[C@H](C)C(=O)N[C@@H]1CC(=O)N(C)[C@H]1c1ccc(Cl)cc1. The number of nitrogens with one attached hydrogen (secondary N) is 1. The van der Waals surface area contributed by atoms with Crippen LogP contribution in [0.2, 0.25) is 5.02 Å². The van der Waals surface area contributed by atoms with Crippen molar-refractivity contribution in [3.05, 3.63) is 51.9 Å². The summed E-state index contributed by atoms with van der Waals surface area (Å²) in [5.74, 6) is 0.0823. The van der Waals surface area contributed by atoms with Crippen LogP contribution in [-0.2, 0) is 9.59 Å². The summed E-state index contributed by atoms with van der Waals surface area (Å²) in [4.78, 5) is 26.7. The van der Waals surface area contributed by atoms with Crippen LogP contribution in [0.25, 0.3) is 0 Å². The molecular weight excluding hydrogens is 354 g/mol. The molecule has 0 aliphatic carbocycles. The van der Waals surface area contributed by atoms with E-state index in [2.05, 4.69) is 10.5 Å². The van der Waals surface area contributed by atoms with Crippen LogP contribution in [-0.4, -0.2) is 35.0 Å². The van der Waals surface area contributed by atoms with E-state index in [0.29, 0.717) is 16.5 Å². The molecule has 0 unspecified atom stereocenters. The number of carbonyl (C=O) groups excluding carboxylic acids is 2. The van der Waals surface area contributed by atoms with Crippen molar-refractivity contribution < 1.29 is 14.1 Å². The van der Waals surface area contributed by atoms with Crippen molar-refractivity contribution >= 4 is 23.4 Å². The number of halogens is 1. The third-order valence-corrected chi connectivity index (χ3v) is 5.29. The van der Waals surface area contributed by atoms with Crippen molar-refractivity contribution in [2.45, 2.75) is 45.2 Å². The van der Waals surface area contributed by atoms with E-state index in [1.54, 1.807) is 31.0 Å². The zero-order chi connectivity index (χ0) is 19.0. The fraction of sp³-hybridized carbons (Fsp3) is 0.421. The molecule has 1 aliphatic rings. The predicted molar refractivity (Wildman–Crippen MR) is 97.9 cm³/mol. The van der Waals surface area contributed by atoms with Crippen LogP contribution in [0.4, 0.5) is 0 Å². The monoisotopic (exact) mass is 375 g/mol. The summed E-state index contributed by atoms with van der Waals surface area (Å²) in [7, 11) is 1.76. The average Bonchev–Trinajstić information content (AvgIpc) is 3.07. The second kappa shape index (κ2) is 7.11. The Balaban J connectivity index is 1.81. The van der Waals surface area contributed by atoms with Gasteiger partial charge in [-0.2, -0.15) is 0 Å². The van der Waals surface area contributed by atoms with Crippen molar-refractivity contribution in [2.75, 3.05) is 7.05 Å². The van der Waals surface area contributed by atoms with E-state index in [4.69, 9.17) is 16.1 Å². The minimum Gasteiger partial charge on any atom is -0.361 e. The van der Waals surface area contributed by atoms with Crippen molar-refractivity contribution in [3.63, 3.8) is 0 Å². The zero-order valence-electron chi connectivity index (χ0n) is 15.2. The highest BCUT2D eigenvalue weighted by Gasteiger charge is 2.40. The Kier molecular flexibility index (Phi) is 5.05. The van der Waals surface area contributed by atoms with Gasteiger partial charge in [0.2, 0.25) is 11.8 Å². The van der Waals surface area contributed by atoms with E-state index in [9.17, 15) is 9.59 Å². The molecular formula is C19H22ClN3O3. The van der Waals surface area contributed by atoms with Crippen molar-refractivity contribution in [1.29, 1.82) is 0 Å². The minimum atomic E-state index is -0.409. The number of amides is 2. The molecule has 6 nitrogen and oxygen atoms in total. The molecule has 138 valence electrons. The molecule has 2 heterocycles. The second-order valence-corrected chi connectivity index (χ2v) is 7.22. The van der Waals surface area contributed by atoms with Gasteiger partial charge in [-0.25, -0.2) is 0 Å². The topological polar surface area (TPSA) is 75.4 Å². The Morgan fingerprint density at radius 2 is 2.00 bits per heavy atom. The molecule has 1 N–H and O–H groups in total. The molecule has 2 amide bonds. The van der Waals surface area contributed by atoms with Crippen LogP contribution in [0.3, 0.4) is 0 Å². The largest absolute Gasteiger partial charge is 0.361 e. The maximum atomic E-state index is 12.8. The Labute approximate surface area is 157 Å². The third-order valence-electron chi connectivity index (χ3n) is 5.04. The molecule has 3 rings (SSSR count). The van der Waals surface area contributed by atoms with Crippen LogP contribution in [0.15, 0.2) is 28.8 Å². The quantitative estimate of drug-likeness (QED) is 0.890. The molecule has 26 heavy (non-hydrogen) atoms. The zero-order valence-corrected chi connectivity index (χ0v) is 16.0. The van der Waals surface area contributed by atoms with E-state index in [-0.39, 0.29) is 30.3 Å². The fourth-order valence-electron chi connectivity index (χ4n) is 3.66. The summed E-state index contributed by atoms with van der Waals surface area (Å²) in [5, 5.41) is 7.59. The highest BCUT2D eigenvalue weighted by molar-refractivity contribution is 6.30. The normalized spacial score (nSPS) is 21.1. The molecule has 1 aliphatic heterocycles. The maximum Gasteiger partial charge on any atom is 0.227 e. The third kappa shape index (κ3) is 3.33. The van der Waals surface area contributed by atoms with Gasteiger partial charge in [0.15, 0.2) is 0 Å². The molecule has 3 atom stereocenters. The number of nitrogens with zero attached hydrogens (tertiary/aromatic N) is 2. The van der Waals surface area contributed by atoms with Crippen molar-refractivity contribution in [3.8, 4) is 0 Å². The summed E-state index contributed by atoms with van der Waals surface area (Å²) in [6.07, 6.45) is 0.268. The Morgan fingerprint density at radius 1 is 1.35 bits per heavy atom. The lowest BCUT2D eigenvalue weighted by Gasteiger charge is -2.27. The summed E-state index contributed by atoms with van der Waals surface area (Å²) in [5.41, 5.74) is 2.44. The van der Waals surface area contributed by atoms with Gasteiger partial charge in [0, 0.05) is 24.1 Å². The predicted octanol–water partition coefficient (Wildman–Crippen LogP) is 3.14. The molecule has 1 saturated heterocycles.